The predicted octanol–water partition coefficient (Wildman–Crippen LogP) is -0.0436. The summed E-state index contributed by atoms with van der Waals surface area (Å²) in [7, 11) is 0. The van der Waals surface area contributed by atoms with Crippen LogP contribution in [0.3, 0.4) is 0 Å². The minimum atomic E-state index is -1.02. The van der Waals surface area contributed by atoms with Gasteiger partial charge in [0, 0.05) is 6.20 Å². The number of aromatic amines is 1. The lowest BCUT2D eigenvalue weighted by molar-refractivity contribution is -0.0530. The molecule has 1 aromatic heterocycles. The topological polar surface area (TPSA) is 105 Å². The van der Waals surface area contributed by atoms with Crippen LogP contribution < -0.4 is 11.2 Å². The zero-order chi connectivity index (χ0) is 14.9. The smallest absolute Gasteiger partial charge is 0.330 e. The molecule has 0 radical (unpaired) electrons. The van der Waals surface area contributed by atoms with Crippen molar-refractivity contribution in [1.82, 2.24) is 9.55 Å². The van der Waals surface area contributed by atoms with Gasteiger partial charge in [0.1, 0.15) is 6.10 Å². The van der Waals surface area contributed by atoms with Crippen LogP contribution in [0.1, 0.15) is 11.8 Å². The summed E-state index contributed by atoms with van der Waals surface area (Å²) in [5.41, 5.74) is -0.919. The Morgan fingerprint density at radius 3 is 2.80 bits per heavy atom. The third-order valence-corrected chi connectivity index (χ3v) is 4.47. The molecular formula is C11H12BrIN2O5. The zero-order valence-electron chi connectivity index (χ0n) is 10.1. The van der Waals surface area contributed by atoms with Gasteiger partial charge in [-0.1, -0.05) is 38.5 Å². The van der Waals surface area contributed by atoms with Crippen LogP contribution in [0, 0.1) is 0 Å². The monoisotopic (exact) mass is 458 g/mol. The molecule has 0 unspecified atom stereocenters. The van der Waals surface area contributed by atoms with Gasteiger partial charge in [-0.25, -0.2) is 4.79 Å². The normalized spacial score (nSPS) is 30.2. The maximum Gasteiger partial charge on any atom is 0.330 e. The number of aliphatic hydroxyl groups excluding tert-OH is 2. The summed E-state index contributed by atoms with van der Waals surface area (Å²) in [6.07, 6.45) is 0.238. The van der Waals surface area contributed by atoms with Gasteiger partial charge in [0.25, 0.3) is 5.56 Å². The molecule has 2 heterocycles. The summed E-state index contributed by atoms with van der Waals surface area (Å²) in [5, 5.41) is 19.2. The van der Waals surface area contributed by atoms with Gasteiger partial charge in [-0.3, -0.25) is 14.3 Å². The first-order valence-corrected chi connectivity index (χ1v) is 7.86. The van der Waals surface area contributed by atoms with E-state index in [1.54, 1.807) is 4.08 Å². The van der Waals surface area contributed by atoms with E-state index in [1.807, 2.05) is 22.6 Å². The fraction of sp³-hybridized carbons (Fsp3) is 0.455. The summed E-state index contributed by atoms with van der Waals surface area (Å²) < 4.78 is 8.19. The Balaban J connectivity index is 2.46. The van der Waals surface area contributed by atoms with Gasteiger partial charge >= 0.3 is 5.69 Å². The Morgan fingerprint density at radius 1 is 1.55 bits per heavy atom. The summed E-state index contributed by atoms with van der Waals surface area (Å²) in [6, 6.07) is 0. The molecule has 1 aliphatic rings. The van der Waals surface area contributed by atoms with E-state index in [0.29, 0.717) is 0 Å². The van der Waals surface area contributed by atoms with Crippen molar-refractivity contribution in [3.63, 3.8) is 0 Å². The average Bonchev–Trinajstić information content (AvgIpc) is 2.70. The number of aromatic nitrogens is 2. The lowest BCUT2D eigenvalue weighted by Gasteiger charge is -2.17. The summed E-state index contributed by atoms with van der Waals surface area (Å²) in [4.78, 5) is 25.1. The van der Waals surface area contributed by atoms with Crippen molar-refractivity contribution in [2.24, 2.45) is 0 Å². The zero-order valence-corrected chi connectivity index (χ0v) is 13.8. The molecule has 110 valence electrons. The van der Waals surface area contributed by atoms with Crippen LogP contribution >= 0.6 is 38.5 Å². The first-order valence-electron chi connectivity index (χ1n) is 5.70. The second-order valence-electron chi connectivity index (χ2n) is 4.23. The van der Waals surface area contributed by atoms with Crippen LogP contribution in [0.4, 0.5) is 0 Å². The molecule has 0 spiro atoms. The highest BCUT2D eigenvalue weighted by atomic mass is 127. The van der Waals surface area contributed by atoms with Crippen LogP contribution in [-0.2, 0) is 4.74 Å². The van der Waals surface area contributed by atoms with E-state index in [9.17, 15) is 14.7 Å². The van der Waals surface area contributed by atoms with Crippen molar-refractivity contribution in [3.8, 4) is 0 Å². The lowest BCUT2D eigenvalue weighted by atomic mass is 10.2. The first-order chi connectivity index (χ1) is 9.49. The number of rotatable bonds is 3. The second-order valence-corrected chi connectivity index (χ2v) is 6.00. The molecular weight excluding hydrogens is 447 g/mol. The molecule has 0 amide bonds. The van der Waals surface area contributed by atoms with Crippen molar-refractivity contribution in [3.05, 3.63) is 36.7 Å². The number of ether oxygens (including phenoxy) is 1. The molecule has 0 aromatic carbocycles. The second kappa shape index (κ2) is 6.52. The highest BCUT2D eigenvalue weighted by molar-refractivity contribution is 14.1. The Labute approximate surface area is 135 Å². The van der Waals surface area contributed by atoms with E-state index in [1.165, 1.54) is 12.3 Å². The van der Waals surface area contributed by atoms with Crippen molar-refractivity contribution < 1.29 is 14.9 Å². The van der Waals surface area contributed by atoms with E-state index in [-0.39, 0.29) is 12.2 Å². The Hall–Kier alpha value is -0.490. The van der Waals surface area contributed by atoms with Crippen LogP contribution in [0.5, 0.6) is 0 Å². The number of hydrogen-bond acceptors (Lipinski definition) is 5. The number of aliphatic hydroxyl groups is 2. The maximum atomic E-state index is 11.8. The fourth-order valence-corrected chi connectivity index (χ4v) is 2.90. The van der Waals surface area contributed by atoms with E-state index in [2.05, 4.69) is 20.9 Å². The molecule has 7 nitrogen and oxygen atoms in total. The fourth-order valence-electron chi connectivity index (χ4n) is 1.96. The molecule has 1 aliphatic heterocycles. The van der Waals surface area contributed by atoms with Gasteiger partial charge in [-0.15, -0.1) is 0 Å². The highest BCUT2D eigenvalue weighted by Crippen LogP contribution is 2.32. The third kappa shape index (κ3) is 2.91. The van der Waals surface area contributed by atoms with E-state index >= 15 is 0 Å². The average molecular weight is 459 g/mol. The van der Waals surface area contributed by atoms with E-state index < -0.39 is 34.5 Å². The van der Waals surface area contributed by atoms with Gasteiger partial charge < -0.3 is 14.9 Å². The molecule has 20 heavy (non-hydrogen) atoms. The van der Waals surface area contributed by atoms with Crippen LogP contribution in [0.2, 0.25) is 0 Å². The minimum absolute atomic E-state index is 0.272. The third-order valence-electron chi connectivity index (χ3n) is 2.98. The van der Waals surface area contributed by atoms with Gasteiger partial charge in [-0.2, -0.15) is 0 Å². The number of nitrogens with one attached hydrogen (secondary N) is 1. The van der Waals surface area contributed by atoms with Crippen molar-refractivity contribution in [1.29, 1.82) is 0 Å². The molecule has 0 bridgehead atoms. The summed E-state index contributed by atoms with van der Waals surface area (Å²) in [6.45, 7) is -0.290. The predicted molar refractivity (Wildman–Crippen MR) is 84.1 cm³/mol. The van der Waals surface area contributed by atoms with Crippen LogP contribution in [0.15, 0.2) is 19.9 Å². The molecule has 0 saturated carbocycles. The van der Waals surface area contributed by atoms with Gasteiger partial charge in [-0.05, 0) is 10.2 Å². The molecule has 1 saturated heterocycles. The molecule has 3 N–H and O–H groups in total. The summed E-state index contributed by atoms with van der Waals surface area (Å²) in [5.74, 6) is 0. The van der Waals surface area contributed by atoms with Crippen molar-refractivity contribution >= 4 is 44.6 Å². The quantitative estimate of drug-likeness (QED) is 0.435. The number of hydrogen-bond donors (Lipinski definition) is 3. The highest BCUT2D eigenvalue weighted by Gasteiger charge is 2.43. The number of alkyl halides is 1. The van der Waals surface area contributed by atoms with Crippen LogP contribution in [-0.4, -0.2) is 43.4 Å². The minimum Gasteiger partial charge on any atom is -0.394 e. The molecule has 4 atom stereocenters. The molecule has 9 heteroatoms. The van der Waals surface area contributed by atoms with E-state index in [4.69, 9.17) is 9.84 Å². The number of nitrogens with zero attached hydrogens (tertiary/aromatic N) is 1. The maximum absolute atomic E-state index is 11.8. The molecule has 2 rings (SSSR count). The number of halogens is 2. The number of H-pyrrole nitrogens is 1. The first kappa shape index (κ1) is 15.9. The van der Waals surface area contributed by atoms with Crippen molar-refractivity contribution in [2.45, 2.75) is 23.3 Å². The van der Waals surface area contributed by atoms with Gasteiger partial charge in [0.15, 0.2) is 6.23 Å². The van der Waals surface area contributed by atoms with E-state index in [0.717, 1.165) is 4.57 Å². The summed E-state index contributed by atoms with van der Waals surface area (Å²) >= 11 is 5.17. The molecule has 0 aliphatic carbocycles. The standard InChI is InChI=1S/C11H12BrIN2O5/c12-7-6(4-16)20-10(8(7)17)15-3-5(1-2-13)9(18)14-11(15)19/h1-3,6-8,10,16-17H,4H2,(H,14,18,19)/b2-1+/t6-,7+,8-,10-/m1/s1. The van der Waals surface area contributed by atoms with Crippen LogP contribution in [0.25, 0.3) is 6.08 Å². The van der Waals surface area contributed by atoms with Crippen molar-refractivity contribution in [2.75, 3.05) is 6.61 Å². The molecule has 1 aromatic rings. The SMILES string of the molecule is O=c1[nH]c(=O)n([C@@H]2O[C@H](CO)[C@H](Br)[C@H]2O)cc1/C=C/I. The Bertz CT molecular complexity index is 628. The van der Waals surface area contributed by atoms with Gasteiger partial charge in [0.05, 0.1) is 23.1 Å². The van der Waals surface area contributed by atoms with Gasteiger partial charge in [0.2, 0.25) is 0 Å². The molecule has 1 fully saturated rings. The Kier molecular flexibility index (Phi) is 5.18. The lowest BCUT2D eigenvalue weighted by Crippen LogP contribution is -2.37. The Morgan fingerprint density at radius 2 is 2.25 bits per heavy atom. The largest absolute Gasteiger partial charge is 0.394 e.